The fourth-order valence-electron chi connectivity index (χ4n) is 5.15. The molecule has 1 aliphatic rings. The van der Waals surface area contributed by atoms with Gasteiger partial charge in [-0.1, -0.05) is 56.2 Å². The molecular weight excluding hydrogens is 378 g/mol. The molecule has 0 radical (unpaired) electrons. The van der Waals surface area contributed by atoms with Gasteiger partial charge in [-0.2, -0.15) is 0 Å². The molecule has 31 heavy (non-hydrogen) atoms. The van der Waals surface area contributed by atoms with Crippen molar-refractivity contribution >= 4 is 21.9 Å². The third kappa shape index (κ3) is 2.36. The van der Waals surface area contributed by atoms with Crippen LogP contribution in [-0.4, -0.2) is 0 Å². The van der Waals surface area contributed by atoms with Crippen molar-refractivity contribution in [2.45, 2.75) is 33.0 Å². The van der Waals surface area contributed by atoms with E-state index in [0.717, 1.165) is 38.6 Å². The molecule has 0 saturated heterocycles. The second kappa shape index (κ2) is 6.07. The second-order valence-electron chi connectivity index (χ2n) is 8.68. The first-order chi connectivity index (χ1) is 17.3. The van der Waals surface area contributed by atoms with Gasteiger partial charge in [-0.05, 0) is 47.7 Å². The molecule has 0 N–H and O–H groups in total. The number of benzene rings is 3. The molecule has 2 nitrogen and oxygen atoms in total. The van der Waals surface area contributed by atoms with Gasteiger partial charge in [0.15, 0.2) is 6.20 Å². The fourth-order valence-corrected chi connectivity index (χ4v) is 5.15. The second-order valence-corrected chi connectivity index (χ2v) is 8.68. The van der Waals surface area contributed by atoms with E-state index in [0.29, 0.717) is 22.4 Å². The maximum absolute atomic E-state index is 8.55. The van der Waals surface area contributed by atoms with Crippen LogP contribution in [0.4, 0.5) is 0 Å². The minimum atomic E-state index is -2.30. The van der Waals surface area contributed by atoms with E-state index < -0.39 is 19.1 Å². The summed E-state index contributed by atoms with van der Waals surface area (Å²) >= 11 is 0. The molecule has 5 aromatic rings. The molecule has 6 rings (SSSR count). The zero-order valence-electron chi connectivity index (χ0n) is 23.7. The van der Waals surface area contributed by atoms with Gasteiger partial charge in [0.05, 0.1) is 5.56 Å². The third-order valence-corrected chi connectivity index (χ3v) is 6.68. The molecule has 2 aromatic heterocycles. The molecule has 0 saturated carbocycles. The fraction of sp³-hybridized carbons (Fsp3) is 0.207. The number of pyridine rings is 1. The van der Waals surface area contributed by atoms with Crippen LogP contribution in [0.3, 0.4) is 0 Å². The number of hydrogen-bond donors (Lipinski definition) is 0. The molecule has 0 aliphatic heterocycles. The van der Waals surface area contributed by atoms with E-state index in [-0.39, 0.29) is 5.56 Å². The van der Waals surface area contributed by atoms with Crippen LogP contribution in [0.1, 0.15) is 44.3 Å². The van der Waals surface area contributed by atoms with Crippen molar-refractivity contribution in [3.05, 3.63) is 89.1 Å². The van der Waals surface area contributed by atoms with Gasteiger partial charge in [0, 0.05) is 42.1 Å². The molecule has 2 heteroatoms. The van der Waals surface area contributed by atoms with Crippen LogP contribution in [0.15, 0.2) is 71.3 Å². The Labute approximate surface area is 191 Å². The Kier molecular flexibility index (Phi) is 2.57. The Morgan fingerprint density at radius 3 is 2.58 bits per heavy atom. The van der Waals surface area contributed by atoms with Crippen molar-refractivity contribution in [2.24, 2.45) is 7.05 Å². The summed E-state index contributed by atoms with van der Waals surface area (Å²) in [7, 11) is 1.87. The average Bonchev–Trinajstić information content (AvgIpc) is 3.33. The Hall–Kier alpha value is -3.39. The normalized spacial score (nSPS) is 21.0. The van der Waals surface area contributed by atoms with Gasteiger partial charge in [0.25, 0.3) is 0 Å². The Morgan fingerprint density at radius 1 is 0.935 bits per heavy atom. The lowest BCUT2D eigenvalue weighted by molar-refractivity contribution is -0.660. The van der Waals surface area contributed by atoms with Gasteiger partial charge < -0.3 is 4.42 Å². The van der Waals surface area contributed by atoms with Gasteiger partial charge in [0.2, 0.25) is 5.69 Å². The Morgan fingerprint density at radius 2 is 1.74 bits per heavy atom. The van der Waals surface area contributed by atoms with E-state index in [1.54, 1.807) is 25.3 Å². The van der Waals surface area contributed by atoms with Crippen LogP contribution < -0.4 is 4.57 Å². The summed E-state index contributed by atoms with van der Waals surface area (Å²) in [6.07, 6.45) is 1.75. The zero-order valence-corrected chi connectivity index (χ0v) is 17.7. The number of aryl methyl sites for hydroxylation is 3. The number of rotatable bonds is 1. The lowest BCUT2D eigenvalue weighted by Gasteiger charge is -2.21. The van der Waals surface area contributed by atoms with Crippen molar-refractivity contribution in [1.82, 2.24) is 0 Å². The Bertz CT molecular complexity index is 1740. The van der Waals surface area contributed by atoms with Crippen LogP contribution in [0.2, 0.25) is 0 Å². The summed E-state index contributed by atoms with van der Waals surface area (Å²) in [5.74, 6) is 0. The van der Waals surface area contributed by atoms with Crippen LogP contribution in [-0.2, 0) is 12.5 Å². The summed E-state index contributed by atoms with van der Waals surface area (Å²) in [4.78, 5) is 0. The van der Waals surface area contributed by atoms with E-state index in [2.05, 4.69) is 0 Å². The Balaban J connectivity index is 1.73. The van der Waals surface area contributed by atoms with E-state index in [9.17, 15) is 0 Å². The standard InChI is InChI=1S/C29H26NO/c1-17-14-15-30(5)24(16-17)25-18(2)10-11-21-22-13-12-20-19-8-6-7-9-23(19)29(3,4)26(20)28(22)31-27(21)25/h6-16H,1-5H3/q+1/i1D3,3D3. The lowest BCUT2D eigenvalue weighted by atomic mass is 9.82. The molecule has 152 valence electrons. The summed E-state index contributed by atoms with van der Waals surface area (Å²) in [6.45, 7) is -0.798. The SMILES string of the molecule is [2H]C([2H])([2H])c1cc[n+](C)c(-c2c(C)ccc3c2oc2c4c(ccc23)-c2ccccc2C4(C)C([2H])([2H])[2H])c1. The number of furan rings is 1. The van der Waals surface area contributed by atoms with Crippen LogP contribution in [0.25, 0.3) is 44.3 Å². The average molecular weight is 411 g/mol. The smallest absolute Gasteiger partial charge is 0.216 e. The summed E-state index contributed by atoms with van der Waals surface area (Å²) < 4.78 is 57.9. The van der Waals surface area contributed by atoms with E-state index in [4.69, 9.17) is 12.6 Å². The molecule has 2 heterocycles. The monoisotopic (exact) mass is 410 g/mol. The van der Waals surface area contributed by atoms with Crippen LogP contribution in [0, 0.1) is 13.8 Å². The number of aromatic nitrogens is 1. The van der Waals surface area contributed by atoms with Gasteiger partial charge in [-0.3, -0.25) is 0 Å². The van der Waals surface area contributed by atoms with E-state index in [1.807, 2.05) is 67.1 Å². The molecule has 0 fully saturated rings. The van der Waals surface area contributed by atoms with Gasteiger partial charge >= 0.3 is 0 Å². The number of fused-ring (bicyclic) bond motifs is 7. The van der Waals surface area contributed by atoms with Crippen LogP contribution in [0.5, 0.6) is 0 Å². The quantitative estimate of drug-likeness (QED) is 0.272. The largest absolute Gasteiger partial charge is 0.455 e. The lowest BCUT2D eigenvalue weighted by Crippen LogP contribution is -2.30. The first-order valence-corrected chi connectivity index (χ1v) is 10.4. The predicted molar refractivity (Wildman–Crippen MR) is 127 cm³/mol. The third-order valence-electron chi connectivity index (χ3n) is 6.68. The molecular formula is C29H26NO+. The molecule has 1 unspecified atom stereocenters. The first-order valence-electron chi connectivity index (χ1n) is 13.4. The first kappa shape index (κ1) is 13.1. The van der Waals surface area contributed by atoms with Gasteiger partial charge in [-0.15, -0.1) is 0 Å². The van der Waals surface area contributed by atoms with Crippen molar-refractivity contribution in [2.75, 3.05) is 0 Å². The minimum Gasteiger partial charge on any atom is -0.455 e. The molecule has 0 bridgehead atoms. The summed E-state index contributed by atoms with van der Waals surface area (Å²) in [5, 5.41) is 1.70. The number of nitrogens with zero attached hydrogens (tertiary/aromatic N) is 1. The van der Waals surface area contributed by atoms with E-state index >= 15 is 0 Å². The highest BCUT2D eigenvalue weighted by atomic mass is 16.3. The topological polar surface area (TPSA) is 17.0 Å². The maximum Gasteiger partial charge on any atom is 0.216 e. The summed E-state index contributed by atoms with van der Waals surface area (Å²) in [6, 6.07) is 19.0. The van der Waals surface area contributed by atoms with Crippen molar-refractivity contribution in [3.63, 3.8) is 0 Å². The van der Waals surface area contributed by atoms with Crippen molar-refractivity contribution in [1.29, 1.82) is 0 Å². The van der Waals surface area contributed by atoms with Crippen molar-refractivity contribution < 1.29 is 17.2 Å². The predicted octanol–water partition coefficient (Wildman–Crippen LogP) is 7.00. The molecule has 0 spiro atoms. The number of hydrogen-bond acceptors (Lipinski definition) is 1. The highest BCUT2D eigenvalue weighted by molar-refractivity contribution is 6.12. The maximum atomic E-state index is 8.55. The molecule has 1 aliphatic carbocycles. The van der Waals surface area contributed by atoms with Crippen molar-refractivity contribution in [3.8, 4) is 22.4 Å². The summed E-state index contributed by atoms with van der Waals surface area (Å²) in [5.41, 5.74) is 5.85. The van der Waals surface area contributed by atoms with Crippen LogP contribution >= 0.6 is 0 Å². The van der Waals surface area contributed by atoms with E-state index in [1.165, 1.54) is 0 Å². The minimum absolute atomic E-state index is 0.249. The molecule has 0 amide bonds. The van der Waals surface area contributed by atoms with Gasteiger partial charge in [0.1, 0.15) is 18.2 Å². The highest BCUT2D eigenvalue weighted by Crippen LogP contribution is 2.52. The highest BCUT2D eigenvalue weighted by Gasteiger charge is 2.38. The zero-order chi connectivity index (χ0) is 26.5. The molecule has 3 aromatic carbocycles. The van der Waals surface area contributed by atoms with Gasteiger partial charge in [-0.25, -0.2) is 4.57 Å². The molecule has 1 atom stereocenters.